The zero-order valence-corrected chi connectivity index (χ0v) is 11.8. The number of carbonyl (C=O) groups is 1. The van der Waals surface area contributed by atoms with Crippen LogP contribution in [0.5, 0.6) is 0 Å². The predicted octanol–water partition coefficient (Wildman–Crippen LogP) is 1.66. The van der Waals surface area contributed by atoms with Gasteiger partial charge in [-0.2, -0.15) is 4.98 Å². The standard InChI is InChI=1S/C13H22N4O2/c1-4-13(2,3)8-15-11(18)10-16-12(19-17-10)9-6-5-7-14-9/h9,14H,4-8H2,1-3H3,(H,15,18). The highest BCUT2D eigenvalue weighted by Crippen LogP contribution is 2.21. The molecule has 6 heteroatoms. The summed E-state index contributed by atoms with van der Waals surface area (Å²) in [4.78, 5) is 16.1. The number of amides is 1. The van der Waals surface area contributed by atoms with Crippen LogP contribution < -0.4 is 10.6 Å². The quantitative estimate of drug-likeness (QED) is 0.847. The molecule has 0 saturated carbocycles. The summed E-state index contributed by atoms with van der Waals surface area (Å²) >= 11 is 0. The molecule has 2 rings (SSSR count). The number of hydrogen-bond acceptors (Lipinski definition) is 5. The molecular formula is C13H22N4O2. The Morgan fingerprint density at radius 2 is 2.37 bits per heavy atom. The second-order valence-electron chi connectivity index (χ2n) is 5.81. The van der Waals surface area contributed by atoms with Gasteiger partial charge in [0.1, 0.15) is 0 Å². The van der Waals surface area contributed by atoms with Gasteiger partial charge in [0.2, 0.25) is 5.89 Å². The Hall–Kier alpha value is -1.43. The third-order valence-electron chi connectivity index (χ3n) is 3.69. The van der Waals surface area contributed by atoms with E-state index in [0.29, 0.717) is 12.4 Å². The van der Waals surface area contributed by atoms with Gasteiger partial charge in [-0.1, -0.05) is 25.9 Å². The van der Waals surface area contributed by atoms with Crippen LogP contribution >= 0.6 is 0 Å². The molecule has 1 aromatic rings. The highest BCUT2D eigenvalue weighted by molar-refractivity contribution is 5.90. The maximum atomic E-state index is 11.9. The maximum Gasteiger partial charge on any atom is 0.292 e. The highest BCUT2D eigenvalue weighted by atomic mass is 16.5. The molecule has 0 radical (unpaired) electrons. The summed E-state index contributed by atoms with van der Waals surface area (Å²) in [5.41, 5.74) is 0.0786. The van der Waals surface area contributed by atoms with E-state index in [0.717, 1.165) is 25.8 Å². The second kappa shape index (κ2) is 5.69. The fourth-order valence-electron chi connectivity index (χ4n) is 1.89. The highest BCUT2D eigenvalue weighted by Gasteiger charge is 2.25. The van der Waals surface area contributed by atoms with Crippen molar-refractivity contribution in [2.24, 2.45) is 5.41 Å². The first-order valence-corrected chi connectivity index (χ1v) is 6.87. The van der Waals surface area contributed by atoms with Crippen LogP contribution in [0.4, 0.5) is 0 Å². The van der Waals surface area contributed by atoms with Crippen molar-refractivity contribution in [1.82, 2.24) is 20.8 Å². The Kier molecular flexibility index (Phi) is 4.19. The van der Waals surface area contributed by atoms with E-state index >= 15 is 0 Å². The van der Waals surface area contributed by atoms with Crippen LogP contribution in [0.25, 0.3) is 0 Å². The van der Waals surface area contributed by atoms with E-state index in [1.807, 2.05) is 0 Å². The summed E-state index contributed by atoms with van der Waals surface area (Å²) in [6.07, 6.45) is 3.07. The summed E-state index contributed by atoms with van der Waals surface area (Å²) in [5.74, 6) is 0.363. The van der Waals surface area contributed by atoms with Gasteiger partial charge < -0.3 is 15.2 Å². The molecule has 6 nitrogen and oxygen atoms in total. The molecule has 1 fully saturated rings. The molecule has 1 atom stereocenters. The Morgan fingerprint density at radius 1 is 1.58 bits per heavy atom. The number of aromatic nitrogens is 2. The van der Waals surface area contributed by atoms with E-state index < -0.39 is 0 Å². The van der Waals surface area contributed by atoms with Gasteiger partial charge in [0.25, 0.3) is 11.7 Å². The van der Waals surface area contributed by atoms with Crippen LogP contribution in [0.15, 0.2) is 4.52 Å². The zero-order valence-electron chi connectivity index (χ0n) is 11.8. The molecule has 1 aliphatic rings. The van der Waals surface area contributed by atoms with Gasteiger partial charge in [0.05, 0.1) is 6.04 Å². The van der Waals surface area contributed by atoms with Crippen molar-refractivity contribution in [2.75, 3.05) is 13.1 Å². The van der Waals surface area contributed by atoms with Gasteiger partial charge >= 0.3 is 0 Å². The van der Waals surface area contributed by atoms with E-state index in [-0.39, 0.29) is 23.2 Å². The molecule has 1 amide bonds. The monoisotopic (exact) mass is 266 g/mol. The number of carbonyl (C=O) groups excluding carboxylic acids is 1. The molecule has 0 aromatic carbocycles. The molecule has 1 aromatic heterocycles. The van der Waals surface area contributed by atoms with Crippen LogP contribution in [-0.2, 0) is 0 Å². The molecule has 0 spiro atoms. The van der Waals surface area contributed by atoms with Gasteiger partial charge in [-0.15, -0.1) is 0 Å². The summed E-state index contributed by atoms with van der Waals surface area (Å²) in [6.45, 7) is 7.88. The Morgan fingerprint density at radius 3 is 3.00 bits per heavy atom. The van der Waals surface area contributed by atoms with E-state index in [2.05, 4.69) is 41.5 Å². The second-order valence-corrected chi connectivity index (χ2v) is 5.81. The fraction of sp³-hybridized carbons (Fsp3) is 0.769. The largest absolute Gasteiger partial charge is 0.349 e. The van der Waals surface area contributed by atoms with Crippen molar-refractivity contribution in [2.45, 2.75) is 46.1 Å². The smallest absolute Gasteiger partial charge is 0.292 e. The lowest BCUT2D eigenvalue weighted by molar-refractivity contribution is 0.0922. The predicted molar refractivity (Wildman–Crippen MR) is 70.7 cm³/mol. The molecule has 1 unspecified atom stereocenters. The van der Waals surface area contributed by atoms with Crippen LogP contribution in [-0.4, -0.2) is 29.1 Å². The Labute approximate surface area is 113 Å². The zero-order chi connectivity index (χ0) is 13.9. The van der Waals surface area contributed by atoms with Gasteiger partial charge in [0.15, 0.2) is 0 Å². The molecular weight excluding hydrogens is 244 g/mol. The van der Waals surface area contributed by atoms with Crippen molar-refractivity contribution in [3.63, 3.8) is 0 Å². The number of rotatable bonds is 5. The molecule has 0 bridgehead atoms. The molecule has 2 heterocycles. The van der Waals surface area contributed by atoms with Crippen molar-refractivity contribution < 1.29 is 9.32 Å². The first kappa shape index (κ1) is 14.0. The van der Waals surface area contributed by atoms with E-state index in [1.54, 1.807) is 0 Å². The van der Waals surface area contributed by atoms with Crippen LogP contribution in [0.2, 0.25) is 0 Å². The topological polar surface area (TPSA) is 80.0 Å². The summed E-state index contributed by atoms with van der Waals surface area (Å²) in [7, 11) is 0. The Bertz CT molecular complexity index is 436. The van der Waals surface area contributed by atoms with Crippen LogP contribution in [0.1, 0.15) is 62.6 Å². The normalized spacial score (nSPS) is 19.6. The molecule has 19 heavy (non-hydrogen) atoms. The minimum Gasteiger partial charge on any atom is -0.349 e. The third kappa shape index (κ3) is 3.53. The van der Waals surface area contributed by atoms with Gasteiger partial charge in [0, 0.05) is 6.54 Å². The number of nitrogens with one attached hydrogen (secondary N) is 2. The molecule has 2 N–H and O–H groups in total. The summed E-state index contributed by atoms with van der Waals surface area (Å²) in [6, 6.07) is 0.0983. The van der Waals surface area contributed by atoms with Crippen molar-refractivity contribution in [1.29, 1.82) is 0 Å². The van der Waals surface area contributed by atoms with Crippen LogP contribution in [0, 0.1) is 5.41 Å². The van der Waals surface area contributed by atoms with Crippen LogP contribution in [0.3, 0.4) is 0 Å². The van der Waals surface area contributed by atoms with Gasteiger partial charge in [-0.05, 0) is 31.2 Å². The minimum atomic E-state index is -0.269. The SMILES string of the molecule is CCC(C)(C)CNC(=O)c1noc(C2CCCN2)n1. The molecule has 106 valence electrons. The van der Waals surface area contributed by atoms with E-state index in [4.69, 9.17) is 4.52 Å². The van der Waals surface area contributed by atoms with Crippen molar-refractivity contribution in [3.8, 4) is 0 Å². The minimum absolute atomic E-state index is 0.0786. The molecule has 0 aliphatic carbocycles. The fourth-order valence-corrected chi connectivity index (χ4v) is 1.89. The summed E-state index contributed by atoms with van der Waals surface area (Å²) < 4.78 is 5.14. The average molecular weight is 266 g/mol. The lowest BCUT2D eigenvalue weighted by Crippen LogP contribution is -2.34. The first-order chi connectivity index (χ1) is 9.02. The van der Waals surface area contributed by atoms with Gasteiger partial charge in [-0.25, -0.2) is 0 Å². The average Bonchev–Trinajstić information content (AvgIpc) is 3.05. The number of nitrogens with zero attached hydrogens (tertiary/aromatic N) is 2. The third-order valence-corrected chi connectivity index (χ3v) is 3.69. The summed E-state index contributed by atoms with van der Waals surface area (Å²) in [5, 5.41) is 9.86. The van der Waals surface area contributed by atoms with Crippen molar-refractivity contribution >= 4 is 5.91 Å². The lowest BCUT2D eigenvalue weighted by atomic mass is 9.90. The van der Waals surface area contributed by atoms with Gasteiger partial charge in [-0.3, -0.25) is 4.79 Å². The Balaban J connectivity index is 1.92. The maximum absolute atomic E-state index is 11.9. The van der Waals surface area contributed by atoms with Crippen molar-refractivity contribution in [3.05, 3.63) is 11.7 Å². The molecule has 1 saturated heterocycles. The van der Waals surface area contributed by atoms with E-state index in [1.165, 1.54) is 0 Å². The van der Waals surface area contributed by atoms with E-state index in [9.17, 15) is 4.79 Å². The first-order valence-electron chi connectivity index (χ1n) is 6.87. The number of hydrogen-bond donors (Lipinski definition) is 2. The molecule has 1 aliphatic heterocycles. The lowest BCUT2D eigenvalue weighted by Gasteiger charge is -2.22.